The molecule has 0 aliphatic carbocycles. The van der Waals surface area contributed by atoms with Gasteiger partial charge in [-0.25, -0.2) is 0 Å². The highest BCUT2D eigenvalue weighted by Crippen LogP contribution is 2.22. The maximum absolute atomic E-state index is 9.68. The number of hydrogen-bond acceptors (Lipinski definition) is 3. The third-order valence-electron chi connectivity index (χ3n) is 4.49. The van der Waals surface area contributed by atoms with Crippen LogP contribution in [-0.2, 0) is 11.2 Å². The molecule has 2 N–H and O–H groups in total. The molecule has 3 nitrogen and oxygen atoms in total. The van der Waals surface area contributed by atoms with Crippen LogP contribution in [-0.4, -0.2) is 31.0 Å². The molecule has 1 saturated heterocycles. The Bertz CT molecular complexity index is 398. The average Bonchev–Trinajstić information content (AvgIpc) is 2.53. The van der Waals surface area contributed by atoms with E-state index in [-0.39, 0.29) is 12.6 Å². The fourth-order valence-corrected chi connectivity index (χ4v) is 3.13. The van der Waals surface area contributed by atoms with Crippen LogP contribution in [0.2, 0.25) is 0 Å². The van der Waals surface area contributed by atoms with Crippen LogP contribution < -0.4 is 5.32 Å². The fraction of sp³-hybridized carbons (Fsp3) is 0.667. The van der Waals surface area contributed by atoms with E-state index in [1.807, 2.05) is 0 Å². The van der Waals surface area contributed by atoms with Crippen molar-refractivity contribution in [2.45, 2.75) is 51.6 Å². The zero-order chi connectivity index (χ0) is 15.1. The van der Waals surface area contributed by atoms with Crippen molar-refractivity contribution in [2.75, 3.05) is 19.8 Å². The van der Waals surface area contributed by atoms with Gasteiger partial charge in [-0.15, -0.1) is 0 Å². The van der Waals surface area contributed by atoms with Crippen molar-refractivity contribution in [3.05, 3.63) is 35.4 Å². The van der Waals surface area contributed by atoms with Gasteiger partial charge in [0.2, 0.25) is 0 Å². The van der Waals surface area contributed by atoms with E-state index in [2.05, 4.69) is 43.4 Å². The van der Waals surface area contributed by atoms with Crippen molar-refractivity contribution in [1.82, 2.24) is 5.32 Å². The summed E-state index contributed by atoms with van der Waals surface area (Å²) in [4.78, 5) is 0. The number of benzene rings is 1. The van der Waals surface area contributed by atoms with Crippen LogP contribution in [0.3, 0.4) is 0 Å². The molecule has 0 bridgehead atoms. The summed E-state index contributed by atoms with van der Waals surface area (Å²) >= 11 is 0. The van der Waals surface area contributed by atoms with Crippen LogP contribution in [0.1, 0.15) is 50.3 Å². The van der Waals surface area contributed by atoms with Crippen molar-refractivity contribution in [1.29, 1.82) is 0 Å². The van der Waals surface area contributed by atoms with E-state index in [4.69, 9.17) is 4.74 Å². The molecular formula is C18H29NO2. The predicted molar refractivity (Wildman–Crippen MR) is 86.4 cm³/mol. The van der Waals surface area contributed by atoms with Gasteiger partial charge in [0.15, 0.2) is 0 Å². The molecule has 2 unspecified atom stereocenters. The topological polar surface area (TPSA) is 41.5 Å². The van der Waals surface area contributed by atoms with Gasteiger partial charge in [-0.2, -0.15) is 0 Å². The Labute approximate surface area is 128 Å². The second-order valence-electron chi connectivity index (χ2n) is 6.19. The molecule has 2 rings (SSSR count). The van der Waals surface area contributed by atoms with E-state index < -0.39 is 0 Å². The number of aryl methyl sites for hydroxylation is 1. The Morgan fingerprint density at radius 3 is 2.48 bits per heavy atom. The van der Waals surface area contributed by atoms with Crippen molar-refractivity contribution >= 4 is 0 Å². The summed E-state index contributed by atoms with van der Waals surface area (Å²) in [5, 5.41) is 13.3. The van der Waals surface area contributed by atoms with Gasteiger partial charge in [0.25, 0.3) is 0 Å². The summed E-state index contributed by atoms with van der Waals surface area (Å²) in [6.07, 6.45) is 4.55. The van der Waals surface area contributed by atoms with Crippen LogP contribution in [0.25, 0.3) is 0 Å². The highest BCUT2D eigenvalue weighted by molar-refractivity contribution is 5.25. The normalized spacial score (nSPS) is 19.4. The summed E-state index contributed by atoms with van der Waals surface area (Å²) in [7, 11) is 0. The molecule has 0 radical (unpaired) electrons. The summed E-state index contributed by atoms with van der Waals surface area (Å²) < 4.78 is 5.41. The summed E-state index contributed by atoms with van der Waals surface area (Å²) in [6, 6.07) is 9.02. The Hall–Kier alpha value is -0.900. The van der Waals surface area contributed by atoms with Crippen LogP contribution in [0.5, 0.6) is 0 Å². The highest BCUT2D eigenvalue weighted by atomic mass is 16.5. The van der Waals surface area contributed by atoms with E-state index in [1.165, 1.54) is 24.0 Å². The van der Waals surface area contributed by atoms with Crippen LogP contribution in [0.4, 0.5) is 0 Å². The van der Waals surface area contributed by atoms with Crippen molar-refractivity contribution in [3.63, 3.8) is 0 Å². The second-order valence-corrected chi connectivity index (χ2v) is 6.19. The van der Waals surface area contributed by atoms with Crippen LogP contribution in [0.15, 0.2) is 24.3 Å². The van der Waals surface area contributed by atoms with Gasteiger partial charge in [0.05, 0.1) is 12.6 Å². The first-order chi connectivity index (χ1) is 10.2. The first-order valence-electron chi connectivity index (χ1n) is 8.26. The average molecular weight is 291 g/mol. The number of aliphatic hydroxyl groups is 1. The molecule has 1 fully saturated rings. The number of hydrogen-bond donors (Lipinski definition) is 2. The maximum Gasteiger partial charge on any atom is 0.0626 e. The number of rotatable bonds is 7. The van der Waals surface area contributed by atoms with Gasteiger partial charge in [-0.05, 0) is 49.7 Å². The third kappa shape index (κ3) is 5.10. The first-order valence-corrected chi connectivity index (χ1v) is 8.26. The van der Waals surface area contributed by atoms with Gasteiger partial charge in [-0.1, -0.05) is 31.2 Å². The zero-order valence-corrected chi connectivity index (χ0v) is 13.3. The van der Waals surface area contributed by atoms with Crippen LogP contribution in [0, 0.1) is 5.92 Å². The lowest BCUT2D eigenvalue weighted by Crippen LogP contribution is -2.35. The van der Waals surface area contributed by atoms with Gasteiger partial charge >= 0.3 is 0 Å². The largest absolute Gasteiger partial charge is 0.394 e. The minimum Gasteiger partial charge on any atom is -0.394 e. The fourth-order valence-electron chi connectivity index (χ4n) is 3.13. The standard InChI is InChI=1S/C18H29NO2/c1-3-15-4-6-17(7-5-15)18(13-20)19-14(2)12-16-8-10-21-11-9-16/h4-7,14,16,18-20H,3,8-13H2,1-2H3. The molecule has 21 heavy (non-hydrogen) atoms. The number of aliphatic hydroxyl groups excluding tert-OH is 1. The second kappa shape index (κ2) is 8.52. The first kappa shape index (κ1) is 16.5. The van der Waals surface area contributed by atoms with E-state index in [9.17, 15) is 5.11 Å². The lowest BCUT2D eigenvalue weighted by atomic mass is 9.92. The Morgan fingerprint density at radius 2 is 1.90 bits per heavy atom. The van der Waals surface area contributed by atoms with Crippen molar-refractivity contribution < 1.29 is 9.84 Å². The molecule has 0 saturated carbocycles. The highest BCUT2D eigenvalue weighted by Gasteiger charge is 2.19. The van der Waals surface area contributed by atoms with Crippen molar-refractivity contribution in [3.8, 4) is 0 Å². The minimum atomic E-state index is 0.0331. The van der Waals surface area contributed by atoms with Gasteiger partial charge < -0.3 is 15.2 Å². The number of ether oxygens (including phenoxy) is 1. The molecule has 1 aromatic rings. The van der Waals surface area contributed by atoms with Gasteiger partial charge in [0.1, 0.15) is 0 Å². The summed E-state index contributed by atoms with van der Waals surface area (Å²) in [5.74, 6) is 0.753. The van der Waals surface area contributed by atoms with E-state index in [0.29, 0.717) is 6.04 Å². The quantitative estimate of drug-likeness (QED) is 0.811. The monoisotopic (exact) mass is 291 g/mol. The van der Waals surface area contributed by atoms with Gasteiger partial charge in [-0.3, -0.25) is 0 Å². The molecule has 1 aliphatic rings. The molecule has 1 aliphatic heterocycles. The SMILES string of the molecule is CCc1ccc(C(CO)NC(C)CC2CCOCC2)cc1. The molecule has 1 heterocycles. The zero-order valence-electron chi connectivity index (χ0n) is 13.3. The number of nitrogens with one attached hydrogen (secondary N) is 1. The van der Waals surface area contributed by atoms with E-state index in [0.717, 1.165) is 32.0 Å². The molecular weight excluding hydrogens is 262 g/mol. The predicted octanol–water partition coefficient (Wildman–Crippen LogP) is 3.08. The maximum atomic E-state index is 9.68. The van der Waals surface area contributed by atoms with Crippen LogP contribution >= 0.6 is 0 Å². The lowest BCUT2D eigenvalue weighted by molar-refractivity contribution is 0.0603. The molecule has 0 spiro atoms. The Kier molecular flexibility index (Phi) is 6.68. The smallest absolute Gasteiger partial charge is 0.0626 e. The summed E-state index contributed by atoms with van der Waals surface area (Å²) in [6.45, 7) is 6.33. The molecule has 118 valence electrons. The van der Waals surface area contributed by atoms with E-state index in [1.54, 1.807) is 0 Å². The third-order valence-corrected chi connectivity index (χ3v) is 4.49. The minimum absolute atomic E-state index is 0.0331. The molecule has 0 amide bonds. The summed E-state index contributed by atoms with van der Waals surface area (Å²) in [5.41, 5.74) is 2.51. The Balaban J connectivity index is 1.87. The van der Waals surface area contributed by atoms with E-state index >= 15 is 0 Å². The molecule has 3 heteroatoms. The molecule has 0 aromatic heterocycles. The molecule has 1 aromatic carbocycles. The lowest BCUT2D eigenvalue weighted by Gasteiger charge is -2.28. The molecule has 2 atom stereocenters. The Morgan fingerprint density at radius 1 is 1.24 bits per heavy atom. The van der Waals surface area contributed by atoms with Gasteiger partial charge in [0, 0.05) is 19.3 Å². The van der Waals surface area contributed by atoms with Crippen molar-refractivity contribution in [2.24, 2.45) is 5.92 Å².